The fourth-order valence-corrected chi connectivity index (χ4v) is 2.65. The molecule has 2 atom stereocenters. The molecule has 0 unspecified atom stereocenters. The zero-order valence-electron chi connectivity index (χ0n) is 12.0. The minimum atomic E-state index is -0.277. The van der Waals surface area contributed by atoms with Crippen molar-refractivity contribution < 1.29 is 14.3 Å². The first-order valence-electron chi connectivity index (χ1n) is 6.77. The van der Waals surface area contributed by atoms with E-state index in [2.05, 4.69) is 17.0 Å². The van der Waals surface area contributed by atoms with Crippen molar-refractivity contribution in [3.05, 3.63) is 35.4 Å². The number of benzene rings is 1. The summed E-state index contributed by atoms with van der Waals surface area (Å²) in [7, 11) is 3.35. The molecule has 2 rings (SSSR count). The summed E-state index contributed by atoms with van der Waals surface area (Å²) in [6.07, 6.45) is 0.758. The molecule has 0 saturated carbocycles. The van der Waals surface area contributed by atoms with Gasteiger partial charge in [-0.2, -0.15) is 0 Å². The highest BCUT2D eigenvalue weighted by Crippen LogP contribution is 2.22. The van der Waals surface area contributed by atoms with E-state index in [-0.39, 0.29) is 18.1 Å². The summed E-state index contributed by atoms with van der Waals surface area (Å²) in [4.78, 5) is 13.6. The third-order valence-electron chi connectivity index (χ3n) is 3.75. The van der Waals surface area contributed by atoms with E-state index in [1.165, 1.54) is 0 Å². The second kappa shape index (κ2) is 6.83. The van der Waals surface area contributed by atoms with Gasteiger partial charge in [0.15, 0.2) is 0 Å². The Labute approximate surface area is 119 Å². The SMILES string of the molecule is COCc1ccc(CN2C[C@@H](OC)C[C@H]2C(N)=O)cc1. The maximum absolute atomic E-state index is 11.5. The Morgan fingerprint density at radius 3 is 2.50 bits per heavy atom. The van der Waals surface area contributed by atoms with Crippen LogP contribution in [-0.2, 0) is 27.4 Å². The van der Waals surface area contributed by atoms with Crippen molar-refractivity contribution in [2.45, 2.75) is 31.7 Å². The summed E-state index contributed by atoms with van der Waals surface area (Å²) in [5.41, 5.74) is 7.77. The molecule has 20 heavy (non-hydrogen) atoms. The molecule has 0 radical (unpaired) electrons. The van der Waals surface area contributed by atoms with Crippen molar-refractivity contribution >= 4 is 5.91 Å². The highest BCUT2D eigenvalue weighted by Gasteiger charge is 2.35. The van der Waals surface area contributed by atoms with Crippen molar-refractivity contribution in [2.75, 3.05) is 20.8 Å². The number of hydrogen-bond donors (Lipinski definition) is 1. The van der Waals surface area contributed by atoms with Crippen LogP contribution in [0.2, 0.25) is 0 Å². The van der Waals surface area contributed by atoms with Crippen molar-refractivity contribution in [3.63, 3.8) is 0 Å². The molecule has 1 aliphatic rings. The van der Waals surface area contributed by atoms with E-state index < -0.39 is 0 Å². The summed E-state index contributed by atoms with van der Waals surface area (Å²) in [5.74, 6) is -0.277. The van der Waals surface area contributed by atoms with E-state index >= 15 is 0 Å². The van der Waals surface area contributed by atoms with Gasteiger partial charge in [-0.3, -0.25) is 9.69 Å². The number of methoxy groups -OCH3 is 2. The number of carbonyl (C=O) groups is 1. The molecule has 1 saturated heterocycles. The summed E-state index contributed by atoms with van der Waals surface area (Å²) in [5, 5.41) is 0. The molecule has 0 bridgehead atoms. The third-order valence-corrected chi connectivity index (χ3v) is 3.75. The highest BCUT2D eigenvalue weighted by molar-refractivity contribution is 5.80. The molecule has 0 spiro atoms. The van der Waals surface area contributed by atoms with Gasteiger partial charge < -0.3 is 15.2 Å². The van der Waals surface area contributed by atoms with E-state index in [1.54, 1.807) is 14.2 Å². The summed E-state index contributed by atoms with van der Waals surface area (Å²) >= 11 is 0. The minimum Gasteiger partial charge on any atom is -0.380 e. The normalized spacial score (nSPS) is 23.1. The molecule has 5 nitrogen and oxygen atoms in total. The van der Waals surface area contributed by atoms with Crippen LogP contribution in [-0.4, -0.2) is 43.7 Å². The largest absolute Gasteiger partial charge is 0.380 e. The van der Waals surface area contributed by atoms with Crippen molar-refractivity contribution in [3.8, 4) is 0 Å². The molecule has 1 aromatic rings. The molecule has 1 heterocycles. The van der Waals surface area contributed by atoms with E-state index in [0.717, 1.165) is 17.7 Å². The van der Waals surface area contributed by atoms with Crippen LogP contribution in [0.5, 0.6) is 0 Å². The number of hydrogen-bond acceptors (Lipinski definition) is 4. The van der Waals surface area contributed by atoms with Crippen LogP contribution >= 0.6 is 0 Å². The van der Waals surface area contributed by atoms with Crippen LogP contribution in [0.15, 0.2) is 24.3 Å². The third kappa shape index (κ3) is 3.56. The molecule has 0 aliphatic carbocycles. The molecule has 0 aromatic heterocycles. The summed E-state index contributed by atoms with van der Waals surface area (Å²) < 4.78 is 10.4. The number of amides is 1. The van der Waals surface area contributed by atoms with E-state index in [0.29, 0.717) is 19.6 Å². The maximum Gasteiger partial charge on any atom is 0.234 e. The van der Waals surface area contributed by atoms with Gasteiger partial charge in [-0.1, -0.05) is 24.3 Å². The van der Waals surface area contributed by atoms with Gasteiger partial charge in [-0.25, -0.2) is 0 Å². The van der Waals surface area contributed by atoms with Crippen molar-refractivity contribution in [2.24, 2.45) is 5.73 Å². The molecule has 110 valence electrons. The van der Waals surface area contributed by atoms with Crippen molar-refractivity contribution in [1.82, 2.24) is 4.90 Å². The first-order chi connectivity index (χ1) is 9.63. The quantitative estimate of drug-likeness (QED) is 0.840. The molecule has 2 N–H and O–H groups in total. The second-order valence-electron chi connectivity index (χ2n) is 5.19. The Kier molecular flexibility index (Phi) is 5.11. The molecular formula is C15H22N2O3. The Morgan fingerprint density at radius 2 is 1.95 bits per heavy atom. The Balaban J connectivity index is 2.02. The van der Waals surface area contributed by atoms with E-state index in [1.807, 2.05) is 12.1 Å². The lowest BCUT2D eigenvalue weighted by molar-refractivity contribution is -0.122. The van der Waals surface area contributed by atoms with Gasteiger partial charge in [0.25, 0.3) is 0 Å². The number of nitrogens with zero attached hydrogens (tertiary/aromatic N) is 1. The van der Waals surface area contributed by atoms with Gasteiger partial charge in [0, 0.05) is 27.3 Å². The van der Waals surface area contributed by atoms with Gasteiger partial charge in [-0.15, -0.1) is 0 Å². The van der Waals surface area contributed by atoms with Gasteiger partial charge in [0.2, 0.25) is 5.91 Å². The molecule has 1 aromatic carbocycles. The molecule has 1 fully saturated rings. The van der Waals surface area contributed by atoms with Gasteiger partial charge in [-0.05, 0) is 17.5 Å². The van der Waals surface area contributed by atoms with Gasteiger partial charge in [0.05, 0.1) is 18.8 Å². The lowest BCUT2D eigenvalue weighted by Crippen LogP contribution is -2.39. The molecule has 1 aliphatic heterocycles. The summed E-state index contributed by atoms with van der Waals surface area (Å²) in [6.45, 7) is 2.06. The smallest absolute Gasteiger partial charge is 0.234 e. The fraction of sp³-hybridized carbons (Fsp3) is 0.533. The monoisotopic (exact) mass is 278 g/mol. The Hall–Kier alpha value is -1.43. The average Bonchev–Trinajstić information content (AvgIpc) is 2.84. The van der Waals surface area contributed by atoms with Gasteiger partial charge >= 0.3 is 0 Å². The first kappa shape index (κ1) is 15.0. The number of nitrogens with two attached hydrogens (primary N) is 1. The van der Waals surface area contributed by atoms with Crippen LogP contribution in [0.1, 0.15) is 17.5 Å². The lowest BCUT2D eigenvalue weighted by atomic mass is 10.1. The Bertz CT molecular complexity index is 447. The van der Waals surface area contributed by atoms with E-state index in [4.69, 9.17) is 15.2 Å². The molecular weight excluding hydrogens is 256 g/mol. The second-order valence-corrected chi connectivity index (χ2v) is 5.19. The number of carbonyl (C=O) groups excluding carboxylic acids is 1. The lowest BCUT2D eigenvalue weighted by Gasteiger charge is -2.21. The number of rotatable bonds is 6. The fourth-order valence-electron chi connectivity index (χ4n) is 2.65. The molecule has 1 amide bonds. The topological polar surface area (TPSA) is 64.8 Å². The average molecular weight is 278 g/mol. The van der Waals surface area contributed by atoms with Crippen LogP contribution in [0.25, 0.3) is 0 Å². The predicted octanol–water partition coefficient (Wildman–Crippen LogP) is 0.908. The van der Waals surface area contributed by atoms with Crippen LogP contribution < -0.4 is 5.73 Å². The van der Waals surface area contributed by atoms with Crippen molar-refractivity contribution in [1.29, 1.82) is 0 Å². The minimum absolute atomic E-state index is 0.0836. The number of primary amides is 1. The number of ether oxygens (including phenoxy) is 2. The predicted molar refractivity (Wildman–Crippen MR) is 76.0 cm³/mol. The summed E-state index contributed by atoms with van der Waals surface area (Å²) in [6, 6.07) is 7.97. The van der Waals surface area contributed by atoms with Crippen LogP contribution in [0.4, 0.5) is 0 Å². The standard InChI is InChI=1S/C15H22N2O3/c1-19-10-12-5-3-11(4-6-12)8-17-9-13(20-2)7-14(17)15(16)18/h3-6,13-14H,7-10H2,1-2H3,(H2,16,18)/t13-,14-/m0/s1. The Morgan fingerprint density at radius 1 is 1.30 bits per heavy atom. The first-order valence-corrected chi connectivity index (χ1v) is 6.77. The number of likely N-dealkylation sites (tertiary alicyclic amines) is 1. The highest BCUT2D eigenvalue weighted by atomic mass is 16.5. The molecule has 5 heteroatoms. The zero-order valence-corrected chi connectivity index (χ0v) is 12.0. The van der Waals surface area contributed by atoms with Crippen LogP contribution in [0, 0.1) is 0 Å². The maximum atomic E-state index is 11.5. The zero-order chi connectivity index (χ0) is 14.5. The van der Waals surface area contributed by atoms with Crippen LogP contribution in [0.3, 0.4) is 0 Å². The van der Waals surface area contributed by atoms with E-state index in [9.17, 15) is 4.79 Å². The van der Waals surface area contributed by atoms with Gasteiger partial charge in [0.1, 0.15) is 0 Å².